The molecule has 4 bridgehead atoms. The van der Waals surface area contributed by atoms with Crippen molar-refractivity contribution in [1.82, 2.24) is 10.2 Å². The fourth-order valence-corrected chi connectivity index (χ4v) is 5.47. The number of carbonyl (C=O) groups excluding carboxylic acids is 3. The summed E-state index contributed by atoms with van der Waals surface area (Å²) in [5.41, 5.74) is -1.36. The lowest BCUT2D eigenvalue weighted by Gasteiger charge is -2.58. The Hall–Kier alpha value is -1.63. The van der Waals surface area contributed by atoms with Gasteiger partial charge in [-0.25, -0.2) is 0 Å². The standard InChI is InChI=1S/C19H30N2O5/c1-3-4-20-15(22)10-21(2)16(23)11-26-17(24)18-6-13-5-14(7-18)9-19(25,8-13)12-18/h13-14,25H,3-12H2,1-2H3,(H,20,22)/t13-,14-,18?,19?/m0/s1. The molecule has 0 aromatic carbocycles. The topological polar surface area (TPSA) is 95.9 Å². The van der Waals surface area contributed by atoms with Gasteiger partial charge in [0.05, 0.1) is 17.6 Å². The van der Waals surface area contributed by atoms with Crippen molar-refractivity contribution in [2.75, 3.05) is 26.7 Å². The molecule has 2 N–H and O–H groups in total. The zero-order chi connectivity index (χ0) is 18.9. The van der Waals surface area contributed by atoms with E-state index in [1.807, 2.05) is 6.92 Å². The first kappa shape index (κ1) is 19.1. The Labute approximate surface area is 154 Å². The van der Waals surface area contributed by atoms with Crippen molar-refractivity contribution in [3.63, 3.8) is 0 Å². The second-order valence-electron chi connectivity index (χ2n) is 8.64. The van der Waals surface area contributed by atoms with Crippen LogP contribution in [-0.4, -0.2) is 60.1 Å². The predicted molar refractivity (Wildman–Crippen MR) is 94.0 cm³/mol. The highest BCUT2D eigenvalue weighted by Gasteiger charge is 2.60. The molecule has 4 aliphatic rings. The van der Waals surface area contributed by atoms with Crippen LogP contribution in [0.4, 0.5) is 0 Å². The van der Waals surface area contributed by atoms with E-state index in [1.54, 1.807) is 0 Å². The number of esters is 1. The van der Waals surface area contributed by atoms with E-state index in [1.165, 1.54) is 11.9 Å². The Morgan fingerprint density at radius 1 is 1.19 bits per heavy atom. The molecule has 4 fully saturated rings. The maximum absolute atomic E-state index is 12.7. The molecule has 0 aromatic heterocycles. The lowest BCUT2D eigenvalue weighted by atomic mass is 9.48. The fourth-order valence-electron chi connectivity index (χ4n) is 5.47. The molecule has 0 aromatic rings. The van der Waals surface area contributed by atoms with Gasteiger partial charge in [-0.1, -0.05) is 6.92 Å². The largest absolute Gasteiger partial charge is 0.455 e. The molecule has 2 amide bonds. The zero-order valence-corrected chi connectivity index (χ0v) is 15.8. The molecule has 0 heterocycles. The lowest BCUT2D eigenvalue weighted by Crippen LogP contribution is -2.58. The van der Waals surface area contributed by atoms with Gasteiger partial charge in [0.25, 0.3) is 5.91 Å². The summed E-state index contributed by atoms with van der Waals surface area (Å²) in [5, 5.41) is 13.4. The van der Waals surface area contributed by atoms with Crippen LogP contribution in [0, 0.1) is 17.3 Å². The van der Waals surface area contributed by atoms with Gasteiger partial charge in [0.15, 0.2) is 6.61 Å². The van der Waals surface area contributed by atoms with Crippen LogP contribution in [0.2, 0.25) is 0 Å². The highest BCUT2D eigenvalue weighted by Crippen LogP contribution is 2.61. The van der Waals surface area contributed by atoms with Crippen molar-refractivity contribution in [3.05, 3.63) is 0 Å². The first-order valence-electron chi connectivity index (χ1n) is 9.65. The van der Waals surface area contributed by atoms with Crippen LogP contribution in [0.1, 0.15) is 51.9 Å². The fraction of sp³-hybridized carbons (Fsp3) is 0.842. The number of nitrogens with zero attached hydrogens (tertiary/aromatic N) is 1. The van der Waals surface area contributed by atoms with Crippen molar-refractivity contribution in [2.45, 2.75) is 57.5 Å². The summed E-state index contributed by atoms with van der Waals surface area (Å²) in [4.78, 5) is 37.9. The summed E-state index contributed by atoms with van der Waals surface area (Å²) in [6.07, 6.45) is 5.46. The number of hydrogen-bond acceptors (Lipinski definition) is 5. The van der Waals surface area contributed by atoms with E-state index < -0.39 is 16.9 Å². The molecule has 0 radical (unpaired) electrons. The Bertz CT molecular complexity index is 576. The summed E-state index contributed by atoms with van der Waals surface area (Å²) in [6, 6.07) is 0. The molecule has 0 saturated heterocycles. The van der Waals surface area contributed by atoms with Crippen molar-refractivity contribution in [2.24, 2.45) is 17.3 Å². The maximum atomic E-state index is 12.7. The molecular weight excluding hydrogens is 336 g/mol. The van der Waals surface area contributed by atoms with Crippen LogP contribution in [0.3, 0.4) is 0 Å². The van der Waals surface area contributed by atoms with Gasteiger partial charge in [0.1, 0.15) is 0 Å². The molecule has 4 rings (SSSR count). The minimum Gasteiger partial charge on any atom is -0.455 e. The van der Waals surface area contributed by atoms with Crippen LogP contribution in [-0.2, 0) is 19.1 Å². The Balaban J connectivity index is 1.51. The third-order valence-electron chi connectivity index (χ3n) is 6.17. The second kappa shape index (κ2) is 7.18. The molecule has 2 atom stereocenters. The molecule has 7 nitrogen and oxygen atoms in total. The predicted octanol–water partition coefficient (Wildman–Crippen LogP) is 0.845. The van der Waals surface area contributed by atoms with E-state index in [0.29, 0.717) is 24.8 Å². The molecule has 7 heteroatoms. The molecule has 26 heavy (non-hydrogen) atoms. The second-order valence-corrected chi connectivity index (χ2v) is 8.64. The molecule has 4 aliphatic carbocycles. The molecule has 146 valence electrons. The summed E-state index contributed by atoms with van der Waals surface area (Å²) < 4.78 is 5.34. The summed E-state index contributed by atoms with van der Waals surface area (Å²) in [7, 11) is 1.52. The average molecular weight is 366 g/mol. The minimum atomic E-state index is -0.735. The normalized spacial score (nSPS) is 34.4. The lowest BCUT2D eigenvalue weighted by molar-refractivity contribution is -0.196. The van der Waals surface area contributed by atoms with Gasteiger partial charge in [-0.05, 0) is 56.8 Å². The third kappa shape index (κ3) is 3.87. The summed E-state index contributed by atoms with van der Waals surface area (Å²) in [5.74, 6) is -0.211. The number of likely N-dealkylation sites (N-methyl/N-ethyl adjacent to an activating group) is 1. The van der Waals surface area contributed by atoms with Gasteiger partial charge in [-0.2, -0.15) is 0 Å². The number of aliphatic hydroxyl groups is 1. The van der Waals surface area contributed by atoms with E-state index >= 15 is 0 Å². The Morgan fingerprint density at radius 3 is 2.42 bits per heavy atom. The van der Waals surface area contributed by atoms with Crippen LogP contribution < -0.4 is 5.32 Å². The average Bonchev–Trinajstić information content (AvgIpc) is 2.55. The van der Waals surface area contributed by atoms with Crippen LogP contribution in [0.25, 0.3) is 0 Å². The number of rotatable bonds is 7. The van der Waals surface area contributed by atoms with Gasteiger partial charge >= 0.3 is 5.97 Å². The summed E-state index contributed by atoms with van der Waals surface area (Å²) in [6.45, 7) is 2.12. The van der Waals surface area contributed by atoms with Gasteiger partial charge in [0.2, 0.25) is 5.91 Å². The van der Waals surface area contributed by atoms with Gasteiger partial charge in [-0.3, -0.25) is 14.4 Å². The van der Waals surface area contributed by atoms with Crippen LogP contribution >= 0.6 is 0 Å². The van der Waals surface area contributed by atoms with E-state index in [4.69, 9.17) is 4.74 Å². The number of nitrogens with one attached hydrogen (secondary N) is 1. The van der Waals surface area contributed by atoms with Gasteiger partial charge < -0.3 is 20.1 Å². The van der Waals surface area contributed by atoms with Crippen molar-refractivity contribution in [3.8, 4) is 0 Å². The monoisotopic (exact) mass is 366 g/mol. The molecule has 0 aliphatic heterocycles. The first-order valence-corrected chi connectivity index (χ1v) is 9.65. The van der Waals surface area contributed by atoms with Gasteiger partial charge in [-0.15, -0.1) is 0 Å². The first-order chi connectivity index (χ1) is 12.3. The smallest absolute Gasteiger partial charge is 0.312 e. The van der Waals surface area contributed by atoms with Crippen LogP contribution in [0.5, 0.6) is 0 Å². The number of carbonyl (C=O) groups is 3. The molecule has 4 saturated carbocycles. The van der Waals surface area contributed by atoms with E-state index in [0.717, 1.165) is 38.5 Å². The minimum absolute atomic E-state index is 0.0502. The van der Waals surface area contributed by atoms with E-state index in [2.05, 4.69) is 5.32 Å². The zero-order valence-electron chi connectivity index (χ0n) is 15.8. The van der Waals surface area contributed by atoms with Crippen molar-refractivity contribution < 1.29 is 24.2 Å². The van der Waals surface area contributed by atoms with Crippen molar-refractivity contribution in [1.29, 1.82) is 0 Å². The number of amides is 2. The van der Waals surface area contributed by atoms with E-state index in [-0.39, 0.29) is 25.0 Å². The number of hydrogen-bond donors (Lipinski definition) is 2. The molecule has 0 unspecified atom stereocenters. The van der Waals surface area contributed by atoms with Crippen LogP contribution in [0.15, 0.2) is 0 Å². The summed E-state index contributed by atoms with van der Waals surface area (Å²) >= 11 is 0. The third-order valence-corrected chi connectivity index (χ3v) is 6.17. The quantitative estimate of drug-likeness (QED) is 0.651. The Kier molecular flexibility index (Phi) is 5.28. The maximum Gasteiger partial charge on any atom is 0.312 e. The Morgan fingerprint density at radius 2 is 1.85 bits per heavy atom. The number of ether oxygens (including phenoxy) is 1. The van der Waals surface area contributed by atoms with Gasteiger partial charge in [0, 0.05) is 13.6 Å². The molecule has 0 spiro atoms. The SMILES string of the molecule is CCCNC(=O)CN(C)C(=O)COC(=O)C12C[C@@H]3C[C@H](CC(O)(C3)C1)C2. The highest BCUT2D eigenvalue weighted by molar-refractivity contribution is 5.87. The molecular formula is C19H30N2O5. The van der Waals surface area contributed by atoms with Crippen molar-refractivity contribution >= 4 is 17.8 Å². The van der Waals surface area contributed by atoms with E-state index in [9.17, 15) is 19.5 Å². The highest BCUT2D eigenvalue weighted by atomic mass is 16.5.